The summed E-state index contributed by atoms with van der Waals surface area (Å²) in [5, 5.41) is 12.8. The molecule has 4 nitrogen and oxygen atoms in total. The van der Waals surface area contributed by atoms with Crippen LogP contribution in [0.3, 0.4) is 0 Å². The number of oxime groups is 1. The number of nitriles is 1. The molecule has 0 fully saturated rings. The normalized spacial score (nSPS) is 12.6. The predicted molar refractivity (Wildman–Crippen MR) is 85.9 cm³/mol. The lowest BCUT2D eigenvalue weighted by Gasteiger charge is -2.14. The van der Waals surface area contributed by atoms with Crippen molar-refractivity contribution in [2.75, 3.05) is 7.11 Å². The molecule has 0 amide bonds. The lowest BCUT2D eigenvalue weighted by Crippen LogP contribution is -2.26. The molecule has 0 heterocycles. The van der Waals surface area contributed by atoms with Crippen LogP contribution in [0.2, 0.25) is 0 Å². The molecule has 1 atom stereocenters. The van der Waals surface area contributed by atoms with Crippen LogP contribution in [0.5, 0.6) is 0 Å². The molecular weight excluding hydrogens is 351 g/mol. The number of carbonyl (C=O) groups is 1. The monoisotopic (exact) mass is 368 g/mol. The van der Waals surface area contributed by atoms with Crippen molar-refractivity contribution >= 4 is 27.4 Å². The second-order valence-corrected chi connectivity index (χ2v) is 5.75. The number of halogens is 2. The molecule has 0 saturated heterocycles. The number of nitrogens with zero attached hydrogens (tertiary/aromatic N) is 2. The highest BCUT2D eigenvalue weighted by molar-refractivity contribution is 9.10. The minimum atomic E-state index is -0.785. The summed E-state index contributed by atoms with van der Waals surface area (Å²) in [6.07, 6.45) is 2.03. The quantitative estimate of drug-likeness (QED) is 0.513. The van der Waals surface area contributed by atoms with Crippen LogP contribution in [0.25, 0.3) is 0 Å². The average molecular weight is 369 g/mol. The van der Waals surface area contributed by atoms with Gasteiger partial charge in [0, 0.05) is 10.9 Å². The van der Waals surface area contributed by atoms with Crippen LogP contribution in [0.15, 0.2) is 27.8 Å². The largest absolute Gasteiger partial charge is 0.398 e. The van der Waals surface area contributed by atoms with E-state index in [0.717, 1.165) is 12.8 Å². The van der Waals surface area contributed by atoms with E-state index in [2.05, 4.69) is 25.9 Å². The van der Waals surface area contributed by atoms with E-state index in [1.54, 1.807) is 12.1 Å². The zero-order valence-corrected chi connectivity index (χ0v) is 14.2. The molecule has 1 aromatic carbocycles. The van der Waals surface area contributed by atoms with Crippen LogP contribution < -0.4 is 0 Å². The zero-order chi connectivity index (χ0) is 16.5. The fourth-order valence-electron chi connectivity index (χ4n) is 2.06. The number of Topliss-reactive ketones (excluding diaryl/α,β-unsaturated/α-hetero) is 1. The van der Waals surface area contributed by atoms with E-state index < -0.39 is 11.7 Å². The minimum absolute atomic E-state index is 0.0223. The number of hydrogen-bond acceptors (Lipinski definition) is 4. The Morgan fingerprint density at radius 1 is 1.55 bits per heavy atom. The van der Waals surface area contributed by atoms with Crippen LogP contribution in [-0.4, -0.2) is 18.6 Å². The second-order valence-electron chi connectivity index (χ2n) is 4.83. The summed E-state index contributed by atoms with van der Waals surface area (Å²) in [6.45, 7) is 1.98. The van der Waals surface area contributed by atoms with Gasteiger partial charge in [-0.25, -0.2) is 4.39 Å². The first-order chi connectivity index (χ1) is 10.5. The van der Waals surface area contributed by atoms with Crippen molar-refractivity contribution in [3.05, 3.63) is 34.1 Å². The summed E-state index contributed by atoms with van der Waals surface area (Å²) in [4.78, 5) is 17.0. The van der Waals surface area contributed by atoms with Gasteiger partial charge in [0.1, 0.15) is 24.8 Å². The van der Waals surface area contributed by atoms with Gasteiger partial charge in [0.05, 0.1) is 5.92 Å². The molecule has 1 aromatic rings. The van der Waals surface area contributed by atoms with Gasteiger partial charge in [-0.05, 0) is 30.5 Å². The average Bonchev–Trinajstić information content (AvgIpc) is 2.50. The Hall–Kier alpha value is -1.74. The first-order valence-corrected chi connectivity index (χ1v) is 7.80. The van der Waals surface area contributed by atoms with E-state index in [1.807, 2.05) is 13.0 Å². The Labute approximate surface area is 138 Å². The predicted octanol–water partition coefficient (Wildman–Crippen LogP) is 4.03. The maximum atomic E-state index is 14.0. The molecule has 118 valence electrons. The fourth-order valence-corrected chi connectivity index (χ4v) is 2.39. The van der Waals surface area contributed by atoms with E-state index in [-0.39, 0.29) is 17.9 Å². The van der Waals surface area contributed by atoms with Crippen LogP contribution in [0.4, 0.5) is 4.39 Å². The maximum Gasteiger partial charge on any atom is 0.167 e. The van der Waals surface area contributed by atoms with E-state index in [1.165, 1.54) is 13.2 Å². The second kappa shape index (κ2) is 9.31. The summed E-state index contributed by atoms with van der Waals surface area (Å²) in [6, 6.07) is 6.52. The van der Waals surface area contributed by atoms with Crippen LogP contribution in [-0.2, 0) is 16.1 Å². The Balaban J connectivity index is 3.06. The maximum absolute atomic E-state index is 14.0. The summed E-state index contributed by atoms with van der Waals surface area (Å²) in [5.41, 5.74) is 0.350. The van der Waals surface area contributed by atoms with Gasteiger partial charge in [0.2, 0.25) is 0 Å². The molecule has 0 aliphatic heterocycles. The van der Waals surface area contributed by atoms with E-state index >= 15 is 0 Å². The van der Waals surface area contributed by atoms with E-state index in [0.29, 0.717) is 16.5 Å². The molecule has 6 heteroatoms. The van der Waals surface area contributed by atoms with Crippen LogP contribution in [0, 0.1) is 23.1 Å². The number of unbranched alkanes of at least 4 members (excludes halogenated alkanes) is 1. The summed E-state index contributed by atoms with van der Waals surface area (Å²) >= 11 is 3.19. The van der Waals surface area contributed by atoms with Gasteiger partial charge < -0.3 is 4.84 Å². The molecule has 1 rings (SSSR count). The number of rotatable bonds is 8. The Bertz CT molecular complexity index is 596. The van der Waals surface area contributed by atoms with Crippen molar-refractivity contribution in [3.63, 3.8) is 0 Å². The Morgan fingerprint density at radius 2 is 2.27 bits per heavy atom. The molecule has 0 saturated carbocycles. The van der Waals surface area contributed by atoms with Gasteiger partial charge in [-0.15, -0.1) is 0 Å². The number of benzene rings is 1. The van der Waals surface area contributed by atoms with Crippen molar-refractivity contribution in [3.8, 4) is 6.07 Å². The lowest BCUT2D eigenvalue weighted by atomic mass is 9.88. The van der Waals surface area contributed by atoms with E-state index in [4.69, 9.17) is 0 Å². The highest BCUT2D eigenvalue weighted by atomic mass is 79.9. The molecule has 0 aromatic heterocycles. The van der Waals surface area contributed by atoms with Gasteiger partial charge >= 0.3 is 0 Å². The summed E-state index contributed by atoms with van der Waals surface area (Å²) in [7, 11) is 1.31. The number of hydrogen-bond donors (Lipinski definition) is 0. The van der Waals surface area contributed by atoms with Crippen molar-refractivity contribution in [2.24, 2.45) is 11.1 Å². The van der Waals surface area contributed by atoms with E-state index in [9.17, 15) is 14.4 Å². The third kappa shape index (κ3) is 5.23. The molecule has 0 aliphatic rings. The fraction of sp³-hybridized carbons (Fsp3) is 0.438. The van der Waals surface area contributed by atoms with Gasteiger partial charge in [0.15, 0.2) is 5.71 Å². The molecule has 22 heavy (non-hydrogen) atoms. The van der Waals surface area contributed by atoms with Gasteiger partial charge in [-0.3, -0.25) is 4.79 Å². The standard InChI is InChI=1S/C16H18BrFN2O2/c1-3-4-5-16(21)13(15(10-19)20-22-2)8-11-6-7-12(17)9-14(11)18/h6-7,9,13H,3-5,8H2,1-2H3/b20-15-. The molecular formula is C16H18BrFN2O2. The first kappa shape index (κ1) is 18.3. The molecule has 0 spiro atoms. The molecule has 0 radical (unpaired) electrons. The topological polar surface area (TPSA) is 62.5 Å². The van der Waals surface area contributed by atoms with Crippen LogP contribution >= 0.6 is 15.9 Å². The van der Waals surface area contributed by atoms with Crippen molar-refractivity contribution in [1.82, 2.24) is 0 Å². The first-order valence-electron chi connectivity index (χ1n) is 7.01. The Kier molecular flexibility index (Phi) is 7.75. The lowest BCUT2D eigenvalue weighted by molar-refractivity contribution is -0.121. The Morgan fingerprint density at radius 3 is 2.82 bits per heavy atom. The van der Waals surface area contributed by atoms with Crippen molar-refractivity contribution < 1.29 is 14.0 Å². The number of carbonyl (C=O) groups excluding carboxylic acids is 1. The summed E-state index contributed by atoms with van der Waals surface area (Å²) < 4.78 is 14.6. The third-order valence-corrected chi connectivity index (χ3v) is 3.73. The van der Waals surface area contributed by atoms with Gasteiger partial charge in [-0.2, -0.15) is 5.26 Å². The highest BCUT2D eigenvalue weighted by Crippen LogP contribution is 2.21. The van der Waals surface area contributed by atoms with Crippen molar-refractivity contribution in [2.45, 2.75) is 32.6 Å². The summed E-state index contributed by atoms with van der Waals surface area (Å²) in [5.74, 6) is -1.33. The minimum Gasteiger partial charge on any atom is -0.398 e. The molecule has 1 unspecified atom stereocenters. The van der Waals surface area contributed by atoms with Crippen molar-refractivity contribution in [1.29, 1.82) is 5.26 Å². The number of ketones is 1. The zero-order valence-electron chi connectivity index (χ0n) is 12.6. The molecule has 0 N–H and O–H groups in total. The molecule has 0 aliphatic carbocycles. The third-order valence-electron chi connectivity index (χ3n) is 3.24. The van der Waals surface area contributed by atoms with Gasteiger partial charge in [0.25, 0.3) is 0 Å². The van der Waals surface area contributed by atoms with Gasteiger partial charge in [-0.1, -0.05) is 40.5 Å². The highest BCUT2D eigenvalue weighted by Gasteiger charge is 2.26. The SMILES string of the molecule is CCCCC(=O)C(Cc1ccc(Br)cc1F)/C(C#N)=N\OC. The molecule has 0 bridgehead atoms. The smallest absolute Gasteiger partial charge is 0.167 e. The van der Waals surface area contributed by atoms with Crippen LogP contribution in [0.1, 0.15) is 31.7 Å².